The van der Waals surface area contributed by atoms with Crippen LogP contribution >= 0.6 is 27.3 Å². The average Bonchev–Trinajstić information content (AvgIpc) is 2.62. The Labute approximate surface area is 110 Å². The minimum atomic E-state index is -0.621. The van der Waals surface area contributed by atoms with Gasteiger partial charge < -0.3 is 5.32 Å². The fourth-order valence-corrected chi connectivity index (χ4v) is 2.39. The van der Waals surface area contributed by atoms with Crippen molar-refractivity contribution in [2.24, 2.45) is 0 Å². The molecule has 2 aromatic rings. The second-order valence-electron chi connectivity index (χ2n) is 3.46. The van der Waals surface area contributed by atoms with Crippen LogP contribution in [0.25, 0.3) is 0 Å². The van der Waals surface area contributed by atoms with Gasteiger partial charge >= 0.3 is 0 Å². The van der Waals surface area contributed by atoms with Gasteiger partial charge in [0.05, 0.1) is 17.2 Å². The third-order valence-corrected chi connectivity index (χ3v) is 3.40. The Morgan fingerprint density at radius 3 is 2.53 bits per heavy atom. The molecule has 2 rings (SSSR count). The van der Waals surface area contributed by atoms with Crippen molar-refractivity contribution in [2.75, 3.05) is 5.32 Å². The molecule has 2 nitrogen and oxygen atoms in total. The van der Waals surface area contributed by atoms with Gasteiger partial charge in [0, 0.05) is 9.85 Å². The molecule has 1 N–H and O–H groups in total. The highest BCUT2D eigenvalue weighted by molar-refractivity contribution is 9.10. The van der Waals surface area contributed by atoms with E-state index in [2.05, 4.69) is 26.2 Å². The Balaban J connectivity index is 2.14. The first-order chi connectivity index (χ1) is 8.06. The maximum atomic E-state index is 13.5. The first kappa shape index (κ1) is 12.4. The van der Waals surface area contributed by atoms with Crippen molar-refractivity contribution in [3.8, 4) is 0 Å². The number of halogens is 3. The van der Waals surface area contributed by atoms with Gasteiger partial charge in [0.1, 0.15) is 17.3 Å². The minimum absolute atomic E-state index is 0.126. The van der Waals surface area contributed by atoms with Crippen molar-refractivity contribution >= 4 is 33.0 Å². The second-order valence-corrected chi connectivity index (χ2v) is 5.43. The third-order valence-electron chi connectivity index (χ3n) is 2.12. The molecule has 0 radical (unpaired) electrons. The zero-order valence-electron chi connectivity index (χ0n) is 8.93. The molecule has 0 bridgehead atoms. The summed E-state index contributed by atoms with van der Waals surface area (Å²) in [6.45, 7) is 2.19. The van der Waals surface area contributed by atoms with Crippen LogP contribution in [0.3, 0.4) is 0 Å². The molecule has 0 fully saturated rings. The normalized spacial score (nSPS) is 10.6. The molecule has 1 aromatic carbocycles. The van der Waals surface area contributed by atoms with E-state index in [1.807, 2.05) is 12.3 Å². The number of anilines is 1. The first-order valence-corrected chi connectivity index (χ1v) is 6.53. The lowest BCUT2D eigenvalue weighted by molar-refractivity contribution is 0.586. The van der Waals surface area contributed by atoms with Gasteiger partial charge in [-0.1, -0.05) is 15.9 Å². The molecule has 0 aliphatic carbocycles. The number of rotatable bonds is 3. The number of nitrogens with zero attached hydrogens (tertiary/aromatic N) is 1. The summed E-state index contributed by atoms with van der Waals surface area (Å²) in [4.78, 5) is 4.20. The predicted octanol–water partition coefficient (Wildman–Crippen LogP) is 4.10. The van der Waals surface area contributed by atoms with Crippen LogP contribution in [0, 0.1) is 18.6 Å². The lowest BCUT2D eigenvalue weighted by Crippen LogP contribution is -2.04. The van der Waals surface area contributed by atoms with Crippen molar-refractivity contribution in [3.05, 3.63) is 44.3 Å². The monoisotopic (exact) mass is 318 g/mol. The smallest absolute Gasteiger partial charge is 0.150 e. The molecule has 1 heterocycles. The van der Waals surface area contributed by atoms with Gasteiger partial charge in [-0.3, -0.25) is 0 Å². The molecule has 0 amide bonds. The number of benzene rings is 1. The number of thiazole rings is 1. The van der Waals surface area contributed by atoms with E-state index in [0.717, 1.165) is 10.7 Å². The van der Waals surface area contributed by atoms with Gasteiger partial charge in [0.25, 0.3) is 0 Å². The summed E-state index contributed by atoms with van der Waals surface area (Å²) in [5.74, 6) is -1.24. The van der Waals surface area contributed by atoms with E-state index in [0.29, 0.717) is 11.0 Å². The van der Waals surface area contributed by atoms with E-state index in [1.54, 1.807) is 0 Å². The third kappa shape index (κ3) is 3.01. The summed E-state index contributed by atoms with van der Waals surface area (Å²) >= 11 is 4.53. The Morgan fingerprint density at radius 2 is 2.00 bits per heavy atom. The van der Waals surface area contributed by atoms with Gasteiger partial charge in [-0.2, -0.15) is 0 Å². The van der Waals surface area contributed by atoms with Crippen LogP contribution in [-0.4, -0.2) is 4.98 Å². The number of aromatic nitrogens is 1. The second kappa shape index (κ2) is 5.10. The van der Waals surface area contributed by atoms with Crippen molar-refractivity contribution in [1.82, 2.24) is 4.98 Å². The van der Waals surface area contributed by atoms with Crippen LogP contribution in [0.5, 0.6) is 0 Å². The van der Waals surface area contributed by atoms with Gasteiger partial charge in [0.15, 0.2) is 0 Å². The molecule has 6 heteroatoms. The zero-order chi connectivity index (χ0) is 12.4. The van der Waals surface area contributed by atoms with E-state index >= 15 is 0 Å². The summed E-state index contributed by atoms with van der Waals surface area (Å²) in [6, 6.07) is 2.44. The highest BCUT2D eigenvalue weighted by Crippen LogP contribution is 2.24. The first-order valence-electron chi connectivity index (χ1n) is 4.85. The molecule has 0 saturated carbocycles. The summed E-state index contributed by atoms with van der Waals surface area (Å²) < 4.78 is 27.3. The van der Waals surface area contributed by atoms with E-state index in [-0.39, 0.29) is 5.69 Å². The van der Waals surface area contributed by atoms with Gasteiger partial charge in [-0.25, -0.2) is 13.8 Å². The van der Waals surface area contributed by atoms with Crippen molar-refractivity contribution in [1.29, 1.82) is 0 Å². The lowest BCUT2D eigenvalue weighted by Gasteiger charge is -2.07. The van der Waals surface area contributed by atoms with E-state index in [9.17, 15) is 8.78 Å². The van der Waals surface area contributed by atoms with Crippen LogP contribution in [-0.2, 0) is 6.54 Å². The highest BCUT2D eigenvalue weighted by Gasteiger charge is 2.10. The van der Waals surface area contributed by atoms with Crippen molar-refractivity contribution < 1.29 is 8.78 Å². The number of hydrogen-bond donors (Lipinski definition) is 1. The van der Waals surface area contributed by atoms with Crippen LogP contribution in [0.15, 0.2) is 22.0 Å². The Hall–Kier alpha value is -1.01. The molecule has 0 spiro atoms. The Bertz CT molecular complexity index is 519. The minimum Gasteiger partial charge on any atom is -0.375 e. The lowest BCUT2D eigenvalue weighted by atomic mass is 10.3. The Kier molecular flexibility index (Phi) is 3.73. The molecule has 0 unspecified atom stereocenters. The summed E-state index contributed by atoms with van der Waals surface area (Å²) in [7, 11) is 0. The molecule has 0 aliphatic heterocycles. The van der Waals surface area contributed by atoms with Gasteiger partial charge in [0.2, 0.25) is 0 Å². The fourth-order valence-electron chi connectivity index (χ4n) is 1.38. The molecule has 0 aliphatic rings. The molecule has 1 aromatic heterocycles. The maximum Gasteiger partial charge on any atom is 0.150 e. The molecule has 17 heavy (non-hydrogen) atoms. The quantitative estimate of drug-likeness (QED) is 0.921. The highest BCUT2D eigenvalue weighted by atomic mass is 79.9. The molecular weight excluding hydrogens is 310 g/mol. The van der Waals surface area contributed by atoms with Gasteiger partial charge in [-0.15, -0.1) is 11.3 Å². The van der Waals surface area contributed by atoms with Crippen molar-refractivity contribution in [3.63, 3.8) is 0 Å². The largest absolute Gasteiger partial charge is 0.375 e. The van der Waals surface area contributed by atoms with Crippen LogP contribution in [0.4, 0.5) is 14.5 Å². The standard InChI is InChI=1S/C11H9BrF2N2S/c1-6-16-8(5-17-6)4-15-11-9(13)2-7(12)3-10(11)14/h2-3,5,15H,4H2,1H3. The Morgan fingerprint density at radius 1 is 1.35 bits per heavy atom. The molecule has 0 saturated heterocycles. The fraction of sp³-hybridized carbons (Fsp3) is 0.182. The number of aryl methyl sites for hydroxylation is 1. The predicted molar refractivity (Wildman–Crippen MR) is 68.2 cm³/mol. The zero-order valence-corrected chi connectivity index (χ0v) is 11.3. The van der Waals surface area contributed by atoms with Crippen LogP contribution in [0.1, 0.15) is 10.7 Å². The summed E-state index contributed by atoms with van der Waals surface area (Å²) in [5, 5.41) is 5.50. The average molecular weight is 319 g/mol. The topological polar surface area (TPSA) is 24.9 Å². The SMILES string of the molecule is Cc1nc(CNc2c(F)cc(Br)cc2F)cs1. The van der Waals surface area contributed by atoms with E-state index in [4.69, 9.17) is 0 Å². The maximum absolute atomic E-state index is 13.5. The van der Waals surface area contributed by atoms with Gasteiger partial charge in [-0.05, 0) is 19.1 Å². The van der Waals surface area contributed by atoms with Crippen LogP contribution < -0.4 is 5.32 Å². The molecule has 90 valence electrons. The van der Waals surface area contributed by atoms with E-state index in [1.165, 1.54) is 23.5 Å². The van der Waals surface area contributed by atoms with Crippen molar-refractivity contribution in [2.45, 2.75) is 13.5 Å². The van der Waals surface area contributed by atoms with E-state index < -0.39 is 11.6 Å². The molecule has 0 atom stereocenters. The summed E-state index contributed by atoms with van der Waals surface area (Å²) in [5.41, 5.74) is 0.646. The summed E-state index contributed by atoms with van der Waals surface area (Å²) in [6.07, 6.45) is 0. The number of hydrogen-bond acceptors (Lipinski definition) is 3. The molecular formula is C11H9BrF2N2S. The van der Waals surface area contributed by atoms with Crippen LogP contribution in [0.2, 0.25) is 0 Å². The number of nitrogens with one attached hydrogen (secondary N) is 1.